The van der Waals surface area contributed by atoms with Gasteiger partial charge in [0.2, 0.25) is 5.91 Å². The predicted molar refractivity (Wildman–Crippen MR) is 128 cm³/mol. The molecule has 156 valence electrons. The van der Waals surface area contributed by atoms with E-state index in [1.807, 2.05) is 23.1 Å². The second-order valence-electron chi connectivity index (χ2n) is 8.64. The molecule has 0 saturated carbocycles. The Morgan fingerprint density at radius 3 is 1.68 bits per heavy atom. The normalized spacial score (nSPS) is 22.2. The van der Waals surface area contributed by atoms with Gasteiger partial charge in [0.1, 0.15) is 11.4 Å². The number of benzene rings is 3. The van der Waals surface area contributed by atoms with Crippen molar-refractivity contribution < 1.29 is 4.79 Å². The lowest BCUT2D eigenvalue weighted by Gasteiger charge is -2.48. The van der Waals surface area contributed by atoms with E-state index in [2.05, 4.69) is 98.5 Å². The van der Waals surface area contributed by atoms with Crippen molar-refractivity contribution in [2.75, 3.05) is 0 Å². The molecule has 2 atom stereocenters. The zero-order valence-corrected chi connectivity index (χ0v) is 18.6. The molecule has 2 fully saturated rings. The van der Waals surface area contributed by atoms with Crippen molar-refractivity contribution >= 4 is 17.7 Å². The molecule has 0 unspecified atom stereocenters. The summed E-state index contributed by atoms with van der Waals surface area (Å²) in [6, 6.07) is 31.0. The number of hydrogen-bond acceptors (Lipinski definition) is 3. The first-order valence-electron chi connectivity index (χ1n) is 10.6. The van der Waals surface area contributed by atoms with Crippen molar-refractivity contribution in [2.24, 2.45) is 0 Å². The molecule has 0 bridgehead atoms. The number of nitrogens with zero attached hydrogens (tertiary/aromatic N) is 1. The van der Waals surface area contributed by atoms with E-state index in [1.54, 1.807) is 11.8 Å². The number of carbonyl (C=O) groups is 1. The fraction of sp³-hybridized carbons (Fsp3) is 0.222. The molecule has 1 N–H and O–H groups in total. The number of thioether (sulfide) groups is 1. The van der Waals surface area contributed by atoms with E-state index < -0.39 is 5.54 Å². The SMILES string of the molecule is C=C1N2C(=O)[C@@H](NC(c3ccccc3)(c3ccccc3)c3ccccc3)[C@H]2SC1(C)C. The predicted octanol–water partition coefficient (Wildman–Crippen LogP) is 5.14. The average Bonchev–Trinajstić information content (AvgIpc) is 3.02. The highest BCUT2D eigenvalue weighted by molar-refractivity contribution is 8.01. The van der Waals surface area contributed by atoms with Crippen molar-refractivity contribution in [3.8, 4) is 0 Å². The van der Waals surface area contributed by atoms with Gasteiger partial charge in [-0.2, -0.15) is 0 Å². The summed E-state index contributed by atoms with van der Waals surface area (Å²) in [4.78, 5) is 15.2. The van der Waals surface area contributed by atoms with Crippen molar-refractivity contribution in [3.05, 3.63) is 120 Å². The molecule has 0 spiro atoms. The number of rotatable bonds is 5. The van der Waals surface area contributed by atoms with Gasteiger partial charge in [0.25, 0.3) is 0 Å². The Morgan fingerprint density at radius 2 is 1.26 bits per heavy atom. The van der Waals surface area contributed by atoms with Crippen LogP contribution in [-0.2, 0) is 10.3 Å². The van der Waals surface area contributed by atoms with E-state index in [0.29, 0.717) is 0 Å². The summed E-state index contributed by atoms with van der Waals surface area (Å²) in [5, 5.41) is 3.89. The monoisotopic (exact) mass is 426 g/mol. The van der Waals surface area contributed by atoms with Gasteiger partial charge in [-0.1, -0.05) is 97.6 Å². The van der Waals surface area contributed by atoms with Gasteiger partial charge >= 0.3 is 0 Å². The van der Waals surface area contributed by atoms with Crippen LogP contribution in [0.25, 0.3) is 0 Å². The van der Waals surface area contributed by atoms with Crippen molar-refractivity contribution in [1.29, 1.82) is 0 Å². The first-order chi connectivity index (χ1) is 14.9. The van der Waals surface area contributed by atoms with Crippen LogP contribution in [0.5, 0.6) is 0 Å². The zero-order chi connectivity index (χ0) is 21.6. The van der Waals surface area contributed by atoms with E-state index >= 15 is 0 Å². The highest BCUT2D eigenvalue weighted by Gasteiger charge is 2.60. The third-order valence-corrected chi connectivity index (χ3v) is 7.99. The Morgan fingerprint density at radius 1 is 0.839 bits per heavy atom. The summed E-state index contributed by atoms with van der Waals surface area (Å²) in [6.07, 6.45) is 0. The number of fused-ring (bicyclic) bond motifs is 1. The van der Waals surface area contributed by atoms with Crippen LogP contribution in [0.1, 0.15) is 30.5 Å². The van der Waals surface area contributed by atoms with Gasteiger partial charge in [-0.3, -0.25) is 15.0 Å². The minimum Gasteiger partial charge on any atom is -0.299 e. The molecule has 3 aromatic carbocycles. The average molecular weight is 427 g/mol. The Hall–Kier alpha value is -2.82. The Balaban J connectivity index is 1.67. The lowest BCUT2D eigenvalue weighted by Crippen LogP contribution is -2.69. The van der Waals surface area contributed by atoms with E-state index in [0.717, 1.165) is 22.4 Å². The Labute approximate surface area is 188 Å². The maximum absolute atomic E-state index is 13.3. The molecule has 5 rings (SSSR count). The molecule has 31 heavy (non-hydrogen) atoms. The number of hydrogen-bond donors (Lipinski definition) is 1. The third-order valence-electron chi connectivity index (χ3n) is 6.44. The first-order valence-corrected chi connectivity index (χ1v) is 11.5. The summed E-state index contributed by atoms with van der Waals surface area (Å²) >= 11 is 1.81. The molecule has 2 saturated heterocycles. The zero-order valence-electron chi connectivity index (χ0n) is 17.8. The second kappa shape index (κ2) is 7.40. The minimum atomic E-state index is -0.648. The molecule has 3 nitrogen and oxygen atoms in total. The van der Waals surface area contributed by atoms with Gasteiger partial charge < -0.3 is 0 Å². The van der Waals surface area contributed by atoms with Gasteiger partial charge in [0.05, 0.1) is 10.3 Å². The van der Waals surface area contributed by atoms with Gasteiger partial charge in [0, 0.05) is 5.70 Å². The van der Waals surface area contributed by atoms with Crippen molar-refractivity contribution in [3.63, 3.8) is 0 Å². The topological polar surface area (TPSA) is 32.3 Å². The van der Waals surface area contributed by atoms with Crippen LogP contribution < -0.4 is 5.32 Å². The Bertz CT molecular complexity index is 1020. The Kier molecular flexibility index (Phi) is 4.80. The first kappa shape index (κ1) is 20.1. The molecular formula is C27H26N2OS. The van der Waals surface area contributed by atoms with E-state index in [-0.39, 0.29) is 22.1 Å². The summed E-state index contributed by atoms with van der Waals surface area (Å²) in [6.45, 7) is 8.48. The summed E-state index contributed by atoms with van der Waals surface area (Å²) in [5.41, 5.74) is 3.58. The van der Waals surface area contributed by atoms with Gasteiger partial charge in [-0.05, 0) is 30.5 Å². The largest absolute Gasteiger partial charge is 0.299 e. The van der Waals surface area contributed by atoms with Crippen LogP contribution in [0.15, 0.2) is 103 Å². The van der Waals surface area contributed by atoms with Crippen LogP contribution in [0.2, 0.25) is 0 Å². The molecule has 0 aliphatic carbocycles. The van der Waals surface area contributed by atoms with Crippen molar-refractivity contribution in [2.45, 2.75) is 35.5 Å². The molecular weight excluding hydrogens is 400 g/mol. The van der Waals surface area contributed by atoms with Crippen molar-refractivity contribution in [1.82, 2.24) is 10.2 Å². The van der Waals surface area contributed by atoms with Crippen LogP contribution in [-0.4, -0.2) is 27.0 Å². The maximum atomic E-state index is 13.3. The minimum absolute atomic E-state index is 0.0468. The summed E-state index contributed by atoms with van der Waals surface area (Å²) in [5.74, 6) is 0.0974. The highest BCUT2D eigenvalue weighted by Crippen LogP contribution is 2.53. The third kappa shape index (κ3) is 3.05. The number of nitrogens with one attached hydrogen (secondary N) is 1. The second-order valence-corrected chi connectivity index (χ2v) is 10.4. The number of carbonyl (C=O) groups excluding carboxylic acids is 1. The number of β-lactam (4-membered cyclic amide) rings is 1. The van der Waals surface area contributed by atoms with Gasteiger partial charge in [-0.25, -0.2) is 0 Å². The lowest BCUT2D eigenvalue weighted by atomic mass is 9.76. The summed E-state index contributed by atoms with van der Waals surface area (Å²) in [7, 11) is 0. The molecule has 4 heteroatoms. The molecule has 0 aromatic heterocycles. The van der Waals surface area contributed by atoms with Crippen LogP contribution in [0.4, 0.5) is 0 Å². The molecule has 2 aliphatic rings. The van der Waals surface area contributed by atoms with Gasteiger partial charge in [-0.15, -0.1) is 11.8 Å². The summed E-state index contributed by atoms with van der Waals surface area (Å²) < 4.78 is -0.147. The van der Waals surface area contributed by atoms with E-state index in [1.165, 1.54) is 0 Å². The fourth-order valence-electron chi connectivity index (χ4n) is 4.71. The molecule has 0 radical (unpaired) electrons. The van der Waals surface area contributed by atoms with E-state index in [9.17, 15) is 4.79 Å². The maximum Gasteiger partial charge on any atom is 0.248 e. The fourth-order valence-corrected chi connectivity index (χ4v) is 6.21. The molecule has 2 heterocycles. The lowest BCUT2D eigenvalue weighted by molar-refractivity contribution is -0.143. The van der Waals surface area contributed by atoms with Crippen LogP contribution in [0, 0.1) is 0 Å². The standard InChI is InChI=1S/C27H26N2OS/c1-19-26(2,3)31-25-23(24(30)29(19)25)28-27(20-13-7-4-8-14-20,21-15-9-5-10-16-21)22-17-11-6-12-18-22/h4-18,23,25,28H,1H2,2-3H3/t23-,25-/m1/s1. The molecule has 2 aliphatic heterocycles. The molecule has 1 amide bonds. The van der Waals surface area contributed by atoms with Crippen LogP contribution in [0.3, 0.4) is 0 Å². The highest BCUT2D eigenvalue weighted by atomic mass is 32.2. The van der Waals surface area contributed by atoms with Crippen LogP contribution >= 0.6 is 11.8 Å². The van der Waals surface area contributed by atoms with Gasteiger partial charge in [0.15, 0.2) is 0 Å². The van der Waals surface area contributed by atoms with E-state index in [4.69, 9.17) is 0 Å². The number of amides is 1. The molecule has 3 aromatic rings. The quantitative estimate of drug-likeness (QED) is 0.453. The smallest absolute Gasteiger partial charge is 0.248 e.